The monoisotopic (exact) mass is 359 g/mol. The van der Waals surface area contributed by atoms with E-state index in [4.69, 9.17) is 9.47 Å². The average Bonchev–Trinajstić information content (AvgIpc) is 3.08. The van der Waals surface area contributed by atoms with Crippen LogP contribution in [0.5, 0.6) is 11.5 Å². The van der Waals surface area contributed by atoms with Crippen molar-refractivity contribution in [2.24, 2.45) is 0 Å². The number of halogens is 1. The zero-order valence-electron chi connectivity index (χ0n) is 11.7. The molecule has 0 atom stereocenters. The third-order valence-corrected chi connectivity index (χ3v) is 3.48. The molecule has 6 heteroatoms. The third-order valence-electron chi connectivity index (χ3n) is 2.95. The molecule has 0 fully saturated rings. The lowest BCUT2D eigenvalue weighted by Crippen LogP contribution is -2.09. The molecule has 0 saturated carbocycles. The van der Waals surface area contributed by atoms with E-state index in [-0.39, 0.29) is 0 Å². The molecular formula is C16H14BrN3O2. The predicted octanol–water partition coefficient (Wildman–Crippen LogP) is 3.49. The second-order valence-electron chi connectivity index (χ2n) is 4.48. The highest BCUT2D eigenvalue weighted by atomic mass is 79.9. The SMILES string of the molecule is Brc1ccc(OCCOc2ccc(-n3cncn3)cc2)cc1. The van der Waals surface area contributed by atoms with Crippen LogP contribution >= 0.6 is 15.9 Å². The number of benzene rings is 2. The zero-order chi connectivity index (χ0) is 15.2. The molecule has 0 N–H and O–H groups in total. The molecule has 1 aromatic heterocycles. The Bertz CT molecular complexity index is 697. The minimum Gasteiger partial charge on any atom is -0.490 e. The van der Waals surface area contributed by atoms with Crippen molar-refractivity contribution in [2.75, 3.05) is 13.2 Å². The summed E-state index contributed by atoms with van der Waals surface area (Å²) in [6.07, 6.45) is 3.16. The van der Waals surface area contributed by atoms with E-state index in [2.05, 4.69) is 26.0 Å². The second kappa shape index (κ2) is 7.09. The largest absolute Gasteiger partial charge is 0.490 e. The van der Waals surface area contributed by atoms with E-state index in [1.165, 1.54) is 6.33 Å². The van der Waals surface area contributed by atoms with Crippen molar-refractivity contribution in [1.82, 2.24) is 14.8 Å². The molecule has 0 aliphatic heterocycles. The standard InChI is InChI=1S/C16H14BrN3O2/c17-13-1-5-15(6-2-13)21-9-10-22-16-7-3-14(4-8-16)20-12-18-11-19-20/h1-8,11-12H,9-10H2. The summed E-state index contributed by atoms with van der Waals surface area (Å²) in [5.74, 6) is 1.62. The van der Waals surface area contributed by atoms with Crippen LogP contribution in [0.4, 0.5) is 0 Å². The molecular weight excluding hydrogens is 346 g/mol. The van der Waals surface area contributed by atoms with Crippen LogP contribution in [0.3, 0.4) is 0 Å². The van der Waals surface area contributed by atoms with Crippen LogP contribution in [0.2, 0.25) is 0 Å². The summed E-state index contributed by atoms with van der Waals surface area (Å²) in [5.41, 5.74) is 0.941. The summed E-state index contributed by atoms with van der Waals surface area (Å²) >= 11 is 3.39. The van der Waals surface area contributed by atoms with Crippen LogP contribution in [-0.2, 0) is 0 Å². The van der Waals surface area contributed by atoms with Gasteiger partial charge in [-0.2, -0.15) is 5.10 Å². The Morgan fingerprint density at radius 1 is 0.864 bits per heavy atom. The Hall–Kier alpha value is -2.34. The van der Waals surface area contributed by atoms with E-state index in [1.807, 2.05) is 48.5 Å². The Kier molecular flexibility index (Phi) is 4.70. The highest BCUT2D eigenvalue weighted by Crippen LogP contribution is 2.17. The topological polar surface area (TPSA) is 49.2 Å². The summed E-state index contributed by atoms with van der Waals surface area (Å²) in [7, 11) is 0. The van der Waals surface area contributed by atoms with Gasteiger partial charge in [0.15, 0.2) is 0 Å². The highest BCUT2D eigenvalue weighted by Gasteiger charge is 1.99. The molecule has 0 bridgehead atoms. The minimum atomic E-state index is 0.485. The fraction of sp³-hybridized carbons (Fsp3) is 0.125. The van der Waals surface area contributed by atoms with E-state index >= 15 is 0 Å². The maximum absolute atomic E-state index is 5.64. The van der Waals surface area contributed by atoms with Crippen molar-refractivity contribution in [3.63, 3.8) is 0 Å². The molecule has 112 valence electrons. The van der Waals surface area contributed by atoms with E-state index in [0.717, 1.165) is 21.7 Å². The van der Waals surface area contributed by atoms with E-state index in [1.54, 1.807) is 11.0 Å². The molecule has 0 amide bonds. The third kappa shape index (κ3) is 3.85. The van der Waals surface area contributed by atoms with Crippen molar-refractivity contribution in [2.45, 2.75) is 0 Å². The quantitative estimate of drug-likeness (QED) is 0.632. The lowest BCUT2D eigenvalue weighted by Gasteiger charge is -2.09. The molecule has 2 aromatic carbocycles. The summed E-state index contributed by atoms with van der Waals surface area (Å²) in [5, 5.41) is 4.07. The highest BCUT2D eigenvalue weighted by molar-refractivity contribution is 9.10. The van der Waals surface area contributed by atoms with Gasteiger partial charge in [0.2, 0.25) is 0 Å². The summed E-state index contributed by atoms with van der Waals surface area (Å²) in [6, 6.07) is 15.4. The maximum atomic E-state index is 5.64. The molecule has 22 heavy (non-hydrogen) atoms. The first kappa shape index (κ1) is 14.6. The van der Waals surface area contributed by atoms with Crippen molar-refractivity contribution < 1.29 is 9.47 Å². The molecule has 5 nitrogen and oxygen atoms in total. The smallest absolute Gasteiger partial charge is 0.138 e. The molecule has 3 rings (SSSR count). The molecule has 0 spiro atoms. The first-order valence-electron chi connectivity index (χ1n) is 6.77. The van der Waals surface area contributed by atoms with Gasteiger partial charge >= 0.3 is 0 Å². The van der Waals surface area contributed by atoms with Crippen molar-refractivity contribution in [3.05, 3.63) is 65.7 Å². The molecule has 3 aromatic rings. The van der Waals surface area contributed by atoms with Crippen LogP contribution in [0.1, 0.15) is 0 Å². The molecule has 0 saturated heterocycles. The van der Waals surface area contributed by atoms with Gasteiger partial charge in [-0.05, 0) is 48.5 Å². The van der Waals surface area contributed by atoms with E-state index in [9.17, 15) is 0 Å². The van der Waals surface area contributed by atoms with Gasteiger partial charge in [-0.15, -0.1) is 0 Å². The zero-order valence-corrected chi connectivity index (χ0v) is 13.3. The number of ether oxygens (including phenoxy) is 2. The van der Waals surface area contributed by atoms with Gasteiger partial charge in [-0.1, -0.05) is 15.9 Å². The van der Waals surface area contributed by atoms with Crippen molar-refractivity contribution >= 4 is 15.9 Å². The van der Waals surface area contributed by atoms with Gasteiger partial charge in [-0.25, -0.2) is 9.67 Å². The second-order valence-corrected chi connectivity index (χ2v) is 5.40. The summed E-state index contributed by atoms with van der Waals surface area (Å²) in [6.45, 7) is 0.977. The number of aromatic nitrogens is 3. The lowest BCUT2D eigenvalue weighted by molar-refractivity contribution is 0.217. The molecule has 0 unspecified atom stereocenters. The summed E-state index contributed by atoms with van der Waals surface area (Å²) in [4.78, 5) is 3.92. The molecule has 1 heterocycles. The van der Waals surface area contributed by atoms with Gasteiger partial charge in [0, 0.05) is 4.47 Å². The van der Waals surface area contributed by atoms with Gasteiger partial charge in [0.1, 0.15) is 37.4 Å². The van der Waals surface area contributed by atoms with Crippen molar-refractivity contribution in [3.8, 4) is 17.2 Å². The van der Waals surface area contributed by atoms with E-state index < -0.39 is 0 Å². The number of hydrogen-bond donors (Lipinski definition) is 0. The first-order valence-corrected chi connectivity index (χ1v) is 7.57. The number of rotatable bonds is 6. The summed E-state index contributed by atoms with van der Waals surface area (Å²) < 4.78 is 14.0. The van der Waals surface area contributed by atoms with Gasteiger partial charge in [-0.3, -0.25) is 0 Å². The van der Waals surface area contributed by atoms with Crippen LogP contribution < -0.4 is 9.47 Å². The fourth-order valence-corrected chi connectivity index (χ4v) is 2.15. The molecule has 0 aliphatic rings. The van der Waals surface area contributed by atoms with Crippen LogP contribution in [-0.4, -0.2) is 28.0 Å². The molecule has 0 radical (unpaired) electrons. The van der Waals surface area contributed by atoms with Crippen LogP contribution in [0.25, 0.3) is 5.69 Å². The predicted molar refractivity (Wildman–Crippen MR) is 86.5 cm³/mol. The average molecular weight is 360 g/mol. The normalized spacial score (nSPS) is 10.4. The molecule has 0 aliphatic carbocycles. The Balaban J connectivity index is 1.46. The van der Waals surface area contributed by atoms with Crippen molar-refractivity contribution in [1.29, 1.82) is 0 Å². The van der Waals surface area contributed by atoms with Crippen LogP contribution in [0.15, 0.2) is 65.7 Å². The van der Waals surface area contributed by atoms with Gasteiger partial charge in [0.25, 0.3) is 0 Å². The Morgan fingerprint density at radius 2 is 1.45 bits per heavy atom. The number of hydrogen-bond acceptors (Lipinski definition) is 4. The Morgan fingerprint density at radius 3 is 2.00 bits per heavy atom. The Labute approximate surface area is 136 Å². The van der Waals surface area contributed by atoms with Gasteiger partial charge in [0.05, 0.1) is 5.69 Å². The van der Waals surface area contributed by atoms with Crippen LogP contribution in [0, 0.1) is 0 Å². The lowest BCUT2D eigenvalue weighted by atomic mass is 10.3. The minimum absolute atomic E-state index is 0.485. The first-order chi connectivity index (χ1) is 10.8. The fourth-order valence-electron chi connectivity index (χ4n) is 1.89. The van der Waals surface area contributed by atoms with Gasteiger partial charge < -0.3 is 9.47 Å². The number of nitrogens with zero attached hydrogens (tertiary/aromatic N) is 3. The maximum Gasteiger partial charge on any atom is 0.138 e. The van der Waals surface area contributed by atoms with E-state index in [0.29, 0.717) is 13.2 Å².